The molecule has 0 saturated carbocycles. The molecular formula is C63H110N2O3. The summed E-state index contributed by atoms with van der Waals surface area (Å²) >= 11 is 0. The summed E-state index contributed by atoms with van der Waals surface area (Å²) in [6.45, 7) is 9.01. The third-order valence-corrected chi connectivity index (χ3v) is 14.4. The molecule has 0 radical (unpaired) electrons. The van der Waals surface area contributed by atoms with Gasteiger partial charge in [0.2, 0.25) is 5.75 Å². The van der Waals surface area contributed by atoms with Crippen molar-refractivity contribution in [2.24, 2.45) is 0 Å². The van der Waals surface area contributed by atoms with E-state index in [1.807, 2.05) is 0 Å². The molecule has 0 amide bonds. The number of hydrogen-bond acceptors (Lipinski definition) is 3. The van der Waals surface area contributed by atoms with E-state index >= 15 is 0 Å². The van der Waals surface area contributed by atoms with Crippen molar-refractivity contribution in [2.45, 2.75) is 297 Å². The van der Waals surface area contributed by atoms with Crippen LogP contribution < -0.4 is 14.2 Å². The van der Waals surface area contributed by atoms with Gasteiger partial charge in [-0.25, -0.2) is 0 Å². The van der Waals surface area contributed by atoms with Crippen molar-refractivity contribution in [1.29, 1.82) is 0 Å². The molecule has 0 aliphatic heterocycles. The molecule has 5 heteroatoms. The summed E-state index contributed by atoms with van der Waals surface area (Å²) < 4.78 is 24.9. The van der Waals surface area contributed by atoms with Crippen LogP contribution in [0.2, 0.25) is 0 Å². The molecule has 0 atom stereocenters. The molecule has 0 saturated heterocycles. The lowest BCUT2D eigenvalue weighted by Crippen LogP contribution is -2.17. The maximum absolute atomic E-state index is 6.79. The summed E-state index contributed by atoms with van der Waals surface area (Å²) in [7, 11) is 0. The van der Waals surface area contributed by atoms with Gasteiger partial charge in [0, 0.05) is 30.4 Å². The molecule has 3 aromatic rings. The fourth-order valence-corrected chi connectivity index (χ4v) is 10.1. The summed E-state index contributed by atoms with van der Waals surface area (Å²) in [6.07, 6.45) is 65.5. The van der Waals surface area contributed by atoms with Crippen molar-refractivity contribution in [3.8, 4) is 17.2 Å². The van der Waals surface area contributed by atoms with Crippen LogP contribution >= 0.6 is 0 Å². The van der Waals surface area contributed by atoms with Gasteiger partial charge in [0.05, 0.1) is 19.8 Å². The van der Waals surface area contributed by atoms with Crippen LogP contribution in [-0.4, -0.2) is 29.0 Å². The number of rotatable bonds is 51. The second-order valence-electron chi connectivity index (χ2n) is 20.8. The predicted molar refractivity (Wildman–Crippen MR) is 296 cm³/mol. The fourth-order valence-electron chi connectivity index (χ4n) is 10.1. The number of nitrogens with zero attached hydrogens (tertiary/aromatic N) is 2. The first-order valence-electron chi connectivity index (χ1n) is 30.1. The Kier molecular flexibility index (Phi) is 38.6. The zero-order chi connectivity index (χ0) is 48.1. The average Bonchev–Trinajstić information content (AvgIpc) is 4.10. The molecule has 1 aromatic carbocycles. The van der Waals surface area contributed by atoms with Crippen molar-refractivity contribution >= 4 is 0 Å². The molecule has 0 bridgehead atoms. The van der Waals surface area contributed by atoms with E-state index in [0.29, 0.717) is 19.8 Å². The van der Waals surface area contributed by atoms with Gasteiger partial charge in [-0.2, -0.15) is 0 Å². The second kappa shape index (κ2) is 44.1. The zero-order valence-electron chi connectivity index (χ0n) is 45.3. The van der Waals surface area contributed by atoms with E-state index in [9.17, 15) is 0 Å². The van der Waals surface area contributed by atoms with Crippen LogP contribution in [0, 0.1) is 0 Å². The molecule has 3 rings (SSSR count). The number of unbranched alkanes of at least 4 members (excludes halogenated alkanes) is 39. The summed E-state index contributed by atoms with van der Waals surface area (Å²) in [5.41, 5.74) is 1.15. The van der Waals surface area contributed by atoms with Gasteiger partial charge in [-0.05, 0) is 55.7 Å². The molecule has 68 heavy (non-hydrogen) atoms. The van der Waals surface area contributed by atoms with Crippen LogP contribution in [0.5, 0.6) is 17.2 Å². The van der Waals surface area contributed by atoms with Crippen LogP contribution in [0.3, 0.4) is 0 Å². The Labute approximate surface area is 422 Å². The third-order valence-electron chi connectivity index (χ3n) is 14.4. The Morgan fingerprint density at radius 1 is 0.294 bits per heavy atom. The Hall–Kier alpha value is -2.82. The smallest absolute Gasteiger partial charge is 0.203 e. The quantitative estimate of drug-likeness (QED) is 0.0529. The Balaban J connectivity index is 1.56. The van der Waals surface area contributed by atoms with Crippen LogP contribution in [0.4, 0.5) is 0 Å². The highest BCUT2D eigenvalue weighted by Gasteiger charge is 2.22. The van der Waals surface area contributed by atoms with E-state index in [2.05, 4.69) is 91.1 Å². The number of hydrogen-bond donors (Lipinski definition) is 0. The molecule has 0 aliphatic rings. The van der Waals surface area contributed by atoms with Crippen LogP contribution in [-0.2, 0) is 0 Å². The SMILES string of the molecule is CCCCCCCCCCCCCCCCOc1cc(C(n2cccc2)n2cccc2)cc(OCCCCCCCCCCCCCCCC)c1OCCCCCCCCCCCCCCCC. The topological polar surface area (TPSA) is 37.5 Å². The summed E-state index contributed by atoms with van der Waals surface area (Å²) in [5.74, 6) is 2.48. The number of ether oxygens (including phenoxy) is 3. The van der Waals surface area contributed by atoms with Gasteiger partial charge in [0.1, 0.15) is 6.17 Å². The minimum atomic E-state index is -0.0494. The van der Waals surface area contributed by atoms with Gasteiger partial charge in [0.15, 0.2) is 11.5 Å². The van der Waals surface area contributed by atoms with Crippen LogP contribution in [0.1, 0.15) is 302 Å². The molecule has 0 unspecified atom stereocenters. The van der Waals surface area contributed by atoms with Crippen molar-refractivity contribution in [2.75, 3.05) is 19.8 Å². The minimum absolute atomic E-state index is 0.0494. The van der Waals surface area contributed by atoms with Crippen molar-refractivity contribution in [3.63, 3.8) is 0 Å². The average molecular weight is 944 g/mol. The zero-order valence-corrected chi connectivity index (χ0v) is 45.3. The first kappa shape index (κ1) is 59.5. The van der Waals surface area contributed by atoms with Crippen LogP contribution in [0.25, 0.3) is 0 Å². The first-order chi connectivity index (χ1) is 33.8. The third kappa shape index (κ3) is 30.0. The van der Waals surface area contributed by atoms with Crippen molar-refractivity contribution in [3.05, 3.63) is 66.7 Å². The largest absolute Gasteiger partial charge is 0.490 e. The molecule has 0 fully saturated rings. The lowest BCUT2D eigenvalue weighted by atomic mass is 10.0. The lowest BCUT2D eigenvalue weighted by Gasteiger charge is -2.25. The highest BCUT2D eigenvalue weighted by atomic mass is 16.5. The number of aromatic nitrogens is 2. The van der Waals surface area contributed by atoms with Crippen molar-refractivity contribution in [1.82, 2.24) is 9.13 Å². The summed E-state index contributed by atoms with van der Waals surface area (Å²) in [5, 5.41) is 0. The van der Waals surface area contributed by atoms with Gasteiger partial charge in [-0.15, -0.1) is 0 Å². The monoisotopic (exact) mass is 943 g/mol. The second-order valence-corrected chi connectivity index (χ2v) is 20.8. The van der Waals surface area contributed by atoms with Crippen molar-refractivity contribution < 1.29 is 14.2 Å². The molecule has 2 aromatic heterocycles. The van der Waals surface area contributed by atoms with E-state index in [1.54, 1.807) is 0 Å². The van der Waals surface area contributed by atoms with Gasteiger partial charge >= 0.3 is 0 Å². The highest BCUT2D eigenvalue weighted by molar-refractivity contribution is 5.55. The minimum Gasteiger partial charge on any atom is -0.490 e. The first-order valence-corrected chi connectivity index (χ1v) is 30.1. The van der Waals surface area contributed by atoms with Crippen LogP contribution in [0.15, 0.2) is 61.2 Å². The highest BCUT2D eigenvalue weighted by Crippen LogP contribution is 2.42. The van der Waals surface area contributed by atoms with E-state index < -0.39 is 0 Å². The fraction of sp³-hybridized carbons (Fsp3) is 0.778. The van der Waals surface area contributed by atoms with E-state index in [0.717, 1.165) is 42.1 Å². The molecular weight excluding hydrogens is 833 g/mol. The lowest BCUT2D eigenvalue weighted by molar-refractivity contribution is 0.233. The van der Waals surface area contributed by atoms with Gasteiger partial charge < -0.3 is 23.3 Å². The van der Waals surface area contributed by atoms with E-state index in [4.69, 9.17) is 14.2 Å². The molecule has 0 N–H and O–H groups in total. The standard InChI is InChI=1S/C63H110N2O3/c1-4-7-10-13-16-19-22-25-28-31-34-37-40-47-54-66-60-57-59(63(64-50-43-44-51-64)65-52-45-46-53-65)58-61(67-55-48-41-38-35-32-29-26-23-20-17-14-11-8-5-2)62(60)68-56-49-42-39-36-33-30-27-24-21-18-15-12-9-6-3/h43-46,50-53,57-58,63H,4-42,47-49,54-56H2,1-3H3. The Morgan fingerprint density at radius 2 is 0.515 bits per heavy atom. The molecule has 5 nitrogen and oxygen atoms in total. The molecule has 0 spiro atoms. The maximum Gasteiger partial charge on any atom is 0.203 e. The molecule has 390 valence electrons. The van der Waals surface area contributed by atoms with Gasteiger partial charge in [-0.3, -0.25) is 0 Å². The predicted octanol–water partition coefficient (Wildman–Crippen LogP) is 21.0. The molecule has 2 heterocycles. The Bertz CT molecular complexity index is 1380. The molecule has 0 aliphatic carbocycles. The van der Waals surface area contributed by atoms with E-state index in [-0.39, 0.29) is 6.17 Å². The normalized spacial score (nSPS) is 11.6. The van der Waals surface area contributed by atoms with Gasteiger partial charge in [-0.1, -0.05) is 271 Å². The summed E-state index contributed by atoms with van der Waals surface area (Å²) in [6, 6.07) is 13.0. The maximum atomic E-state index is 6.79. The number of benzene rings is 1. The summed E-state index contributed by atoms with van der Waals surface area (Å²) in [4.78, 5) is 0. The van der Waals surface area contributed by atoms with Gasteiger partial charge in [0.25, 0.3) is 0 Å². The Morgan fingerprint density at radius 3 is 0.765 bits per heavy atom. The van der Waals surface area contributed by atoms with E-state index in [1.165, 1.54) is 250 Å².